The molecule has 0 radical (unpaired) electrons. The van der Waals surface area contributed by atoms with Crippen LogP contribution in [0.4, 0.5) is 11.6 Å². The average Bonchev–Trinajstić information content (AvgIpc) is 2.68. The molecule has 1 aliphatic rings. The van der Waals surface area contributed by atoms with Crippen molar-refractivity contribution < 1.29 is 13.2 Å². The van der Waals surface area contributed by atoms with Gasteiger partial charge in [-0.25, -0.2) is 23.5 Å². The number of nitrogens with zero attached hydrogens (tertiary/aromatic N) is 2. The van der Waals surface area contributed by atoms with E-state index in [1.165, 1.54) is 12.1 Å². The molecule has 0 saturated heterocycles. The van der Waals surface area contributed by atoms with Crippen LogP contribution in [-0.2, 0) is 20.2 Å². The van der Waals surface area contributed by atoms with Crippen LogP contribution >= 0.6 is 0 Å². The van der Waals surface area contributed by atoms with Crippen LogP contribution in [0.25, 0.3) is 0 Å². The molecule has 8 nitrogen and oxygen atoms in total. The van der Waals surface area contributed by atoms with Gasteiger partial charge in [0.05, 0.1) is 16.0 Å². The van der Waals surface area contributed by atoms with Crippen molar-refractivity contribution in [1.82, 2.24) is 15.3 Å². The molecule has 0 atom stereocenters. The highest BCUT2D eigenvalue weighted by atomic mass is 32.2. The highest BCUT2D eigenvalue weighted by molar-refractivity contribution is 7.89. The van der Waals surface area contributed by atoms with Gasteiger partial charge in [0, 0.05) is 18.9 Å². The van der Waals surface area contributed by atoms with E-state index in [2.05, 4.69) is 20.6 Å². The Morgan fingerprint density at radius 1 is 1.11 bits per heavy atom. The van der Waals surface area contributed by atoms with E-state index in [1.807, 2.05) is 0 Å². The van der Waals surface area contributed by atoms with Crippen molar-refractivity contribution in [3.63, 3.8) is 0 Å². The molecule has 0 unspecified atom stereocenters. The quantitative estimate of drug-likeness (QED) is 0.716. The Kier molecular flexibility index (Phi) is 5.43. The minimum atomic E-state index is -3.74. The van der Waals surface area contributed by atoms with E-state index in [4.69, 9.17) is 5.14 Å². The maximum Gasteiger partial charge on any atom is 0.238 e. The van der Waals surface area contributed by atoms with E-state index in [0.29, 0.717) is 17.3 Å². The number of benzene rings is 1. The fourth-order valence-electron chi connectivity index (χ4n) is 3.54. The van der Waals surface area contributed by atoms with Gasteiger partial charge in [-0.2, -0.15) is 0 Å². The fourth-order valence-corrected chi connectivity index (χ4v) is 4.05. The Balaban J connectivity index is 1.87. The lowest BCUT2D eigenvalue weighted by Gasteiger charge is -2.34. The summed E-state index contributed by atoms with van der Waals surface area (Å²) >= 11 is 0. The maximum atomic E-state index is 12.6. The molecule has 3 rings (SSSR count). The van der Waals surface area contributed by atoms with Crippen LogP contribution in [0.15, 0.2) is 41.4 Å². The maximum absolute atomic E-state index is 12.6. The molecule has 1 heterocycles. The van der Waals surface area contributed by atoms with Crippen molar-refractivity contribution in [2.24, 2.45) is 5.14 Å². The van der Waals surface area contributed by atoms with Crippen molar-refractivity contribution in [2.45, 2.75) is 42.4 Å². The lowest BCUT2D eigenvalue weighted by atomic mass is 9.71. The van der Waals surface area contributed by atoms with Crippen LogP contribution in [0, 0.1) is 0 Å². The molecule has 9 heteroatoms. The number of likely N-dealkylation sites (N-methyl/N-ethyl adjacent to an activating group) is 1. The van der Waals surface area contributed by atoms with E-state index < -0.39 is 15.4 Å². The predicted octanol–water partition coefficient (Wildman–Crippen LogP) is 1.82. The number of hydrogen-bond acceptors (Lipinski definition) is 6. The van der Waals surface area contributed by atoms with Gasteiger partial charge in [-0.05, 0) is 43.2 Å². The van der Waals surface area contributed by atoms with Crippen LogP contribution < -0.4 is 15.8 Å². The Labute approximate surface area is 158 Å². The zero-order valence-corrected chi connectivity index (χ0v) is 15.9. The number of aromatic nitrogens is 2. The third-order valence-corrected chi connectivity index (χ3v) is 5.88. The third-order valence-electron chi connectivity index (χ3n) is 4.95. The molecule has 0 spiro atoms. The number of rotatable bonds is 5. The smallest absolute Gasteiger partial charge is 0.238 e. The molecule has 1 amide bonds. The summed E-state index contributed by atoms with van der Waals surface area (Å²) < 4.78 is 22.7. The van der Waals surface area contributed by atoms with Gasteiger partial charge in [-0.1, -0.05) is 19.3 Å². The summed E-state index contributed by atoms with van der Waals surface area (Å²) in [5.41, 5.74) is 0.682. The number of sulfonamides is 1. The molecule has 4 N–H and O–H groups in total. The van der Waals surface area contributed by atoms with Gasteiger partial charge in [-0.15, -0.1) is 0 Å². The second-order valence-electron chi connectivity index (χ2n) is 6.68. The van der Waals surface area contributed by atoms with Crippen molar-refractivity contribution in [1.29, 1.82) is 0 Å². The molecule has 144 valence electrons. The Bertz CT molecular complexity index is 922. The Morgan fingerprint density at radius 2 is 1.78 bits per heavy atom. The van der Waals surface area contributed by atoms with E-state index in [9.17, 15) is 13.2 Å². The van der Waals surface area contributed by atoms with Crippen molar-refractivity contribution >= 4 is 27.6 Å². The molecular weight excluding hydrogens is 366 g/mol. The Morgan fingerprint density at radius 3 is 2.37 bits per heavy atom. The van der Waals surface area contributed by atoms with Gasteiger partial charge in [0.25, 0.3) is 0 Å². The van der Waals surface area contributed by atoms with E-state index in [-0.39, 0.29) is 10.8 Å². The largest absolute Gasteiger partial charge is 0.358 e. The molecule has 1 saturated carbocycles. The molecule has 1 fully saturated rings. The number of anilines is 2. The number of amides is 1. The molecular formula is C18H23N5O3S. The second-order valence-corrected chi connectivity index (χ2v) is 8.24. The van der Waals surface area contributed by atoms with Crippen LogP contribution in [-0.4, -0.2) is 31.3 Å². The molecule has 1 aromatic heterocycles. The van der Waals surface area contributed by atoms with E-state index in [1.54, 1.807) is 31.4 Å². The van der Waals surface area contributed by atoms with Crippen LogP contribution in [0.2, 0.25) is 0 Å². The second kappa shape index (κ2) is 7.61. The number of primary sulfonamides is 1. The number of carbonyl (C=O) groups excluding carboxylic acids is 1. The zero-order valence-electron chi connectivity index (χ0n) is 15.1. The summed E-state index contributed by atoms with van der Waals surface area (Å²) in [5.74, 6) is 0.328. The first kappa shape index (κ1) is 19.2. The molecule has 0 aliphatic heterocycles. The molecule has 1 aliphatic carbocycles. The number of nitrogens with two attached hydrogens (primary N) is 1. The Hall–Kier alpha value is -2.52. The minimum absolute atomic E-state index is 0.0237. The number of carbonyl (C=O) groups is 1. The SMILES string of the molecule is CNC(=O)C1(c2ccnc(Nc3ccc(S(N)(=O)=O)cc3)n2)CCCCC1. The molecule has 0 bridgehead atoms. The molecule has 1 aromatic carbocycles. The van der Waals surface area contributed by atoms with Gasteiger partial charge >= 0.3 is 0 Å². The number of nitrogens with one attached hydrogen (secondary N) is 2. The average molecular weight is 389 g/mol. The normalized spacial score (nSPS) is 16.5. The number of hydrogen-bond donors (Lipinski definition) is 3. The van der Waals surface area contributed by atoms with E-state index >= 15 is 0 Å². The van der Waals surface area contributed by atoms with E-state index in [0.717, 1.165) is 32.1 Å². The molecule has 27 heavy (non-hydrogen) atoms. The van der Waals surface area contributed by atoms with Gasteiger partial charge in [0.1, 0.15) is 0 Å². The lowest BCUT2D eigenvalue weighted by molar-refractivity contribution is -0.127. The van der Waals surface area contributed by atoms with Gasteiger partial charge in [-0.3, -0.25) is 4.79 Å². The first-order chi connectivity index (χ1) is 12.8. The summed E-state index contributed by atoms with van der Waals surface area (Å²) in [6, 6.07) is 7.79. The minimum Gasteiger partial charge on any atom is -0.358 e. The highest BCUT2D eigenvalue weighted by Crippen LogP contribution is 2.39. The van der Waals surface area contributed by atoms with Gasteiger partial charge in [0.15, 0.2) is 0 Å². The first-order valence-electron chi connectivity index (χ1n) is 8.81. The highest BCUT2D eigenvalue weighted by Gasteiger charge is 2.42. The van der Waals surface area contributed by atoms with Crippen LogP contribution in [0.1, 0.15) is 37.8 Å². The zero-order chi connectivity index (χ0) is 19.5. The van der Waals surface area contributed by atoms with Crippen LogP contribution in [0.5, 0.6) is 0 Å². The summed E-state index contributed by atoms with van der Waals surface area (Å²) in [4.78, 5) is 21.5. The standard InChI is InChI=1S/C18H23N5O3S/c1-20-16(24)18(10-3-2-4-11-18)15-9-12-21-17(23-15)22-13-5-7-14(8-6-13)27(19,25)26/h5-9,12H,2-4,10-11H2,1H3,(H,20,24)(H2,19,25,26)(H,21,22,23). The monoisotopic (exact) mass is 389 g/mol. The van der Waals surface area contributed by atoms with Crippen molar-refractivity contribution in [3.8, 4) is 0 Å². The van der Waals surface area contributed by atoms with Crippen LogP contribution in [0.3, 0.4) is 0 Å². The summed E-state index contributed by atoms with van der Waals surface area (Å²) in [6.45, 7) is 0. The molecule has 2 aromatic rings. The van der Waals surface area contributed by atoms with Crippen molar-refractivity contribution in [2.75, 3.05) is 12.4 Å². The summed E-state index contributed by atoms with van der Waals surface area (Å²) in [6.07, 6.45) is 6.22. The van der Waals surface area contributed by atoms with Gasteiger partial charge < -0.3 is 10.6 Å². The topological polar surface area (TPSA) is 127 Å². The van der Waals surface area contributed by atoms with Crippen molar-refractivity contribution in [3.05, 3.63) is 42.2 Å². The predicted molar refractivity (Wildman–Crippen MR) is 102 cm³/mol. The fraction of sp³-hybridized carbons (Fsp3) is 0.389. The summed E-state index contributed by atoms with van der Waals surface area (Å²) in [5, 5.41) is 10.9. The van der Waals surface area contributed by atoms with Gasteiger partial charge in [0.2, 0.25) is 21.9 Å². The summed E-state index contributed by atoms with van der Waals surface area (Å²) in [7, 11) is -2.09. The third kappa shape index (κ3) is 4.09. The first-order valence-corrected chi connectivity index (χ1v) is 10.4. The lowest BCUT2D eigenvalue weighted by Crippen LogP contribution is -2.45.